The normalized spacial score (nSPS) is 13.6. The van der Waals surface area contributed by atoms with Crippen LogP contribution in [0.25, 0.3) is 10.4 Å². The van der Waals surface area contributed by atoms with Gasteiger partial charge in [0.25, 0.3) is 0 Å². The lowest BCUT2D eigenvalue weighted by Gasteiger charge is -2.23. The molecule has 0 saturated carbocycles. The third-order valence-corrected chi connectivity index (χ3v) is 2.69. The van der Waals surface area contributed by atoms with Crippen molar-refractivity contribution in [3.05, 3.63) is 40.3 Å². The molecule has 18 heavy (non-hydrogen) atoms. The monoisotopic (exact) mass is 250 g/mol. The Hall–Kier alpha value is -1.75. The highest BCUT2D eigenvalue weighted by Crippen LogP contribution is 2.27. The number of aliphatic hydroxyl groups excluding tert-OH is 2. The van der Waals surface area contributed by atoms with Gasteiger partial charge in [-0.05, 0) is 18.0 Å². The molecule has 0 bridgehead atoms. The van der Waals surface area contributed by atoms with Crippen molar-refractivity contribution in [1.29, 1.82) is 0 Å². The fraction of sp³-hybridized carbons (Fsp3) is 0.500. The minimum absolute atomic E-state index is 0.166. The molecule has 0 fully saturated rings. The lowest BCUT2D eigenvalue weighted by molar-refractivity contribution is 0.0153. The molecule has 6 heteroatoms. The predicted octanol–water partition coefficient (Wildman–Crippen LogP) is 1.85. The fourth-order valence-corrected chi connectivity index (χ4v) is 1.74. The number of rotatable bonds is 6. The molecule has 1 rings (SSSR count). The van der Waals surface area contributed by atoms with Gasteiger partial charge in [-0.2, -0.15) is 0 Å². The van der Waals surface area contributed by atoms with Crippen molar-refractivity contribution in [2.45, 2.75) is 18.6 Å². The van der Waals surface area contributed by atoms with Crippen molar-refractivity contribution in [2.75, 3.05) is 25.5 Å². The summed E-state index contributed by atoms with van der Waals surface area (Å²) in [5.74, 6) is 0. The number of anilines is 1. The zero-order valence-electron chi connectivity index (χ0n) is 10.6. The van der Waals surface area contributed by atoms with Crippen molar-refractivity contribution < 1.29 is 10.2 Å². The number of benzene rings is 1. The van der Waals surface area contributed by atoms with Gasteiger partial charge >= 0.3 is 0 Å². The van der Waals surface area contributed by atoms with Crippen LogP contribution in [0.4, 0.5) is 5.69 Å². The Morgan fingerprint density at radius 1 is 1.33 bits per heavy atom. The van der Waals surface area contributed by atoms with Crippen molar-refractivity contribution in [1.82, 2.24) is 0 Å². The molecule has 2 unspecified atom stereocenters. The summed E-state index contributed by atoms with van der Waals surface area (Å²) < 4.78 is 0. The van der Waals surface area contributed by atoms with E-state index in [1.807, 2.05) is 37.2 Å². The summed E-state index contributed by atoms with van der Waals surface area (Å²) in [5.41, 5.74) is 9.68. The van der Waals surface area contributed by atoms with E-state index in [1.54, 1.807) is 6.07 Å². The van der Waals surface area contributed by atoms with Crippen LogP contribution < -0.4 is 4.90 Å². The second-order valence-corrected chi connectivity index (χ2v) is 4.21. The van der Waals surface area contributed by atoms with Crippen LogP contribution in [0.3, 0.4) is 0 Å². The highest BCUT2D eigenvalue weighted by Gasteiger charge is 2.20. The first-order chi connectivity index (χ1) is 8.57. The topological polar surface area (TPSA) is 92.5 Å². The zero-order chi connectivity index (χ0) is 13.5. The standard InChI is InChI=1S/C12H18N4O2/c1-16(2)10-6-4-3-5-9(10)12(18)11(17)7-8-14-15-13/h3-6,11-12,17-18H,7-8H2,1-2H3. The van der Waals surface area contributed by atoms with Crippen molar-refractivity contribution in [3.8, 4) is 0 Å². The third-order valence-electron chi connectivity index (χ3n) is 2.69. The van der Waals surface area contributed by atoms with Gasteiger partial charge in [0.1, 0.15) is 6.10 Å². The summed E-state index contributed by atoms with van der Waals surface area (Å²) in [6, 6.07) is 7.33. The van der Waals surface area contributed by atoms with Crippen molar-refractivity contribution >= 4 is 5.69 Å². The number of nitrogens with zero attached hydrogens (tertiary/aromatic N) is 4. The van der Waals surface area contributed by atoms with Crippen LogP contribution in [-0.2, 0) is 0 Å². The molecule has 0 aliphatic carbocycles. The summed E-state index contributed by atoms with van der Waals surface area (Å²) >= 11 is 0. The van der Waals surface area contributed by atoms with E-state index in [1.165, 1.54) is 0 Å². The summed E-state index contributed by atoms with van der Waals surface area (Å²) in [7, 11) is 3.75. The van der Waals surface area contributed by atoms with Gasteiger partial charge in [-0.3, -0.25) is 0 Å². The minimum atomic E-state index is -0.988. The first kappa shape index (κ1) is 14.3. The maximum Gasteiger partial charge on any atom is 0.107 e. The lowest BCUT2D eigenvalue weighted by atomic mass is 10.00. The summed E-state index contributed by atoms with van der Waals surface area (Å²) in [6.45, 7) is 0.166. The van der Waals surface area contributed by atoms with Crippen LogP contribution in [-0.4, -0.2) is 37.0 Å². The molecule has 0 heterocycles. The van der Waals surface area contributed by atoms with Gasteiger partial charge in [-0.25, -0.2) is 0 Å². The fourth-order valence-electron chi connectivity index (χ4n) is 1.74. The highest BCUT2D eigenvalue weighted by atomic mass is 16.3. The van der Waals surface area contributed by atoms with Crippen molar-refractivity contribution in [3.63, 3.8) is 0 Å². The minimum Gasteiger partial charge on any atom is -0.390 e. The van der Waals surface area contributed by atoms with E-state index in [9.17, 15) is 10.2 Å². The van der Waals surface area contributed by atoms with Crippen LogP contribution in [0.5, 0.6) is 0 Å². The van der Waals surface area contributed by atoms with Crippen LogP contribution in [0, 0.1) is 0 Å². The van der Waals surface area contributed by atoms with Crippen LogP contribution in [0.1, 0.15) is 18.1 Å². The van der Waals surface area contributed by atoms with E-state index in [-0.39, 0.29) is 13.0 Å². The third kappa shape index (κ3) is 3.63. The molecule has 2 N–H and O–H groups in total. The van der Waals surface area contributed by atoms with Crippen LogP contribution >= 0.6 is 0 Å². The molecule has 0 aliphatic heterocycles. The molecular formula is C12H18N4O2. The molecule has 2 atom stereocenters. The molecule has 0 radical (unpaired) electrons. The smallest absolute Gasteiger partial charge is 0.107 e. The Morgan fingerprint density at radius 2 is 2.00 bits per heavy atom. The molecule has 1 aromatic carbocycles. The van der Waals surface area contributed by atoms with Crippen LogP contribution in [0.2, 0.25) is 0 Å². The average Bonchev–Trinajstić information content (AvgIpc) is 2.38. The van der Waals surface area contributed by atoms with Crippen molar-refractivity contribution in [2.24, 2.45) is 5.11 Å². The van der Waals surface area contributed by atoms with E-state index in [0.29, 0.717) is 5.56 Å². The summed E-state index contributed by atoms with van der Waals surface area (Å²) in [6.07, 6.45) is -1.71. The van der Waals surface area contributed by atoms with E-state index in [0.717, 1.165) is 5.69 Å². The SMILES string of the molecule is CN(C)c1ccccc1C(O)C(O)CCN=[N+]=[N-]. The molecule has 0 saturated heterocycles. The Labute approximate surface area is 106 Å². The van der Waals surface area contributed by atoms with E-state index in [2.05, 4.69) is 10.0 Å². The number of hydrogen-bond acceptors (Lipinski definition) is 4. The number of para-hydroxylation sites is 1. The predicted molar refractivity (Wildman–Crippen MR) is 70.4 cm³/mol. The Morgan fingerprint density at radius 3 is 2.61 bits per heavy atom. The Kier molecular flexibility index (Phi) is 5.45. The quantitative estimate of drug-likeness (QED) is 0.458. The molecule has 0 amide bonds. The molecule has 0 spiro atoms. The van der Waals surface area contributed by atoms with Gasteiger partial charge in [0.2, 0.25) is 0 Å². The number of aliphatic hydroxyl groups is 2. The Bertz CT molecular complexity index is 430. The summed E-state index contributed by atoms with van der Waals surface area (Å²) in [4.78, 5) is 4.48. The first-order valence-electron chi connectivity index (χ1n) is 5.71. The van der Waals surface area contributed by atoms with Gasteiger partial charge < -0.3 is 15.1 Å². The number of hydrogen-bond donors (Lipinski definition) is 2. The van der Waals surface area contributed by atoms with Gasteiger partial charge in [0, 0.05) is 36.8 Å². The Balaban J connectivity index is 2.82. The van der Waals surface area contributed by atoms with Gasteiger partial charge in [-0.1, -0.05) is 23.3 Å². The maximum atomic E-state index is 10.1. The summed E-state index contributed by atoms with van der Waals surface area (Å²) in [5, 5.41) is 23.3. The molecule has 0 aliphatic rings. The second kappa shape index (κ2) is 6.86. The van der Waals surface area contributed by atoms with E-state index < -0.39 is 12.2 Å². The first-order valence-corrected chi connectivity index (χ1v) is 5.71. The maximum absolute atomic E-state index is 10.1. The van der Waals surface area contributed by atoms with Gasteiger partial charge in [0.15, 0.2) is 0 Å². The lowest BCUT2D eigenvalue weighted by Crippen LogP contribution is -2.22. The van der Waals surface area contributed by atoms with Gasteiger partial charge in [0.05, 0.1) is 6.10 Å². The van der Waals surface area contributed by atoms with Crippen LogP contribution in [0.15, 0.2) is 29.4 Å². The molecule has 6 nitrogen and oxygen atoms in total. The molecular weight excluding hydrogens is 232 g/mol. The van der Waals surface area contributed by atoms with Gasteiger partial charge in [-0.15, -0.1) is 0 Å². The zero-order valence-corrected chi connectivity index (χ0v) is 10.6. The van der Waals surface area contributed by atoms with E-state index in [4.69, 9.17) is 5.53 Å². The second-order valence-electron chi connectivity index (χ2n) is 4.21. The average molecular weight is 250 g/mol. The largest absolute Gasteiger partial charge is 0.390 e. The van der Waals surface area contributed by atoms with E-state index >= 15 is 0 Å². The molecule has 1 aromatic rings. The number of azide groups is 1. The molecule has 0 aromatic heterocycles. The molecule has 98 valence electrons. The highest BCUT2D eigenvalue weighted by molar-refractivity contribution is 5.53.